The summed E-state index contributed by atoms with van der Waals surface area (Å²) >= 11 is 0. The highest BCUT2D eigenvalue weighted by molar-refractivity contribution is 6.68. The SMILES string of the molecule is Bc1c(B)c(B)c(-c2nc(-c3ccc4c(ccc5ccc6nn(-c7ccccc7)nc6c54)c3)nc(-c3cccc4oc5ccccc5c34)n2)c(B)c1B. The minimum absolute atomic E-state index is 0.606. The van der Waals surface area contributed by atoms with Crippen LogP contribution >= 0.6 is 0 Å². The third-order valence-corrected chi connectivity index (χ3v) is 11.1. The molecular weight excluding hydrogens is 647 g/mol. The van der Waals surface area contributed by atoms with E-state index in [4.69, 9.17) is 29.6 Å². The van der Waals surface area contributed by atoms with E-state index in [1.807, 2.05) is 66.7 Å². The Morgan fingerprint density at radius 1 is 0.491 bits per heavy atom. The average Bonchev–Trinajstić information content (AvgIpc) is 3.81. The Bertz CT molecular complexity index is 3110. The predicted octanol–water partition coefficient (Wildman–Crippen LogP) is 1.10. The molecule has 0 fully saturated rings. The van der Waals surface area contributed by atoms with E-state index in [9.17, 15) is 0 Å². The van der Waals surface area contributed by atoms with Crippen LogP contribution in [0.2, 0.25) is 0 Å². The zero-order chi connectivity index (χ0) is 36.0. The summed E-state index contributed by atoms with van der Waals surface area (Å²) in [5.41, 5.74) is 13.3. The molecule has 0 atom stereocenters. The van der Waals surface area contributed by atoms with E-state index in [2.05, 4.69) is 87.8 Å². The van der Waals surface area contributed by atoms with E-state index < -0.39 is 0 Å². The summed E-state index contributed by atoms with van der Waals surface area (Å²) in [4.78, 5) is 17.4. The molecule has 0 radical (unpaired) electrons. The maximum atomic E-state index is 6.29. The van der Waals surface area contributed by atoms with Crippen molar-refractivity contribution < 1.29 is 4.42 Å². The van der Waals surface area contributed by atoms with Crippen LogP contribution in [0.4, 0.5) is 0 Å². The summed E-state index contributed by atoms with van der Waals surface area (Å²) in [5.74, 6) is 1.88. The minimum Gasteiger partial charge on any atom is -0.456 e. The zero-order valence-electron chi connectivity index (χ0n) is 30.1. The molecule has 0 amide bonds. The molecule has 7 aromatic carbocycles. The number of furan rings is 1. The Morgan fingerprint density at radius 3 is 2.00 bits per heavy atom. The van der Waals surface area contributed by atoms with Crippen molar-refractivity contribution >= 4 is 121 Å². The molecule has 3 aromatic heterocycles. The van der Waals surface area contributed by atoms with E-state index in [0.717, 1.165) is 76.9 Å². The van der Waals surface area contributed by atoms with Gasteiger partial charge in [-0.2, -0.15) is 4.80 Å². The molecule has 7 nitrogen and oxygen atoms in total. The zero-order valence-corrected chi connectivity index (χ0v) is 30.1. The number of para-hydroxylation sites is 2. The number of hydrogen-bond acceptors (Lipinski definition) is 6. The Kier molecular flexibility index (Phi) is 6.99. The molecule has 0 saturated carbocycles. The van der Waals surface area contributed by atoms with Crippen molar-refractivity contribution in [2.45, 2.75) is 0 Å². The second kappa shape index (κ2) is 11.8. The van der Waals surface area contributed by atoms with Gasteiger partial charge in [-0.25, -0.2) is 15.0 Å². The van der Waals surface area contributed by atoms with Gasteiger partial charge in [-0.15, -0.1) is 26.6 Å². The van der Waals surface area contributed by atoms with Crippen LogP contribution in [0.5, 0.6) is 0 Å². The topological polar surface area (TPSA) is 82.5 Å². The van der Waals surface area contributed by atoms with Gasteiger partial charge in [0.2, 0.25) is 0 Å². The van der Waals surface area contributed by atoms with Crippen molar-refractivity contribution in [2.24, 2.45) is 0 Å². The second-order valence-electron chi connectivity index (χ2n) is 13.9. The normalized spacial score (nSPS) is 11.8. The monoisotopic (exact) mass is 676 g/mol. The third-order valence-electron chi connectivity index (χ3n) is 11.1. The van der Waals surface area contributed by atoms with Crippen molar-refractivity contribution in [3.8, 4) is 39.9 Å². The van der Waals surface area contributed by atoms with Crippen LogP contribution in [-0.4, -0.2) is 69.2 Å². The Hall–Kier alpha value is -6.41. The molecule has 0 bridgehead atoms. The first-order valence-electron chi connectivity index (χ1n) is 17.9. The molecule has 0 aliphatic heterocycles. The van der Waals surface area contributed by atoms with Gasteiger partial charge in [-0.05, 0) is 52.6 Å². The quantitative estimate of drug-likeness (QED) is 0.206. The smallest absolute Gasteiger partial charge is 0.164 e. The number of rotatable bonds is 4. The van der Waals surface area contributed by atoms with Crippen LogP contribution in [0.15, 0.2) is 120 Å². The van der Waals surface area contributed by atoms with Gasteiger partial charge in [0, 0.05) is 32.8 Å². The summed E-state index contributed by atoms with van der Waals surface area (Å²) in [6, 6.07) is 39.2. The Balaban J connectivity index is 1.21. The van der Waals surface area contributed by atoms with Crippen molar-refractivity contribution in [2.75, 3.05) is 0 Å². The van der Waals surface area contributed by atoms with Crippen LogP contribution in [0.25, 0.3) is 94.4 Å². The largest absolute Gasteiger partial charge is 0.456 e. The summed E-state index contributed by atoms with van der Waals surface area (Å²) in [6.45, 7) is 0. The molecule has 3 heterocycles. The van der Waals surface area contributed by atoms with Gasteiger partial charge in [0.25, 0.3) is 0 Å². The van der Waals surface area contributed by atoms with Crippen LogP contribution in [0.3, 0.4) is 0 Å². The first-order chi connectivity index (χ1) is 25.8. The van der Waals surface area contributed by atoms with E-state index in [0.29, 0.717) is 17.5 Å². The summed E-state index contributed by atoms with van der Waals surface area (Å²) < 4.78 is 6.29. The number of nitrogens with zero attached hydrogens (tertiary/aromatic N) is 6. The molecule has 12 heteroatoms. The summed E-state index contributed by atoms with van der Waals surface area (Å²) in [6.07, 6.45) is 0. The summed E-state index contributed by atoms with van der Waals surface area (Å²) in [7, 11) is 10.9. The fraction of sp³-hybridized carbons (Fsp3) is 0. The van der Waals surface area contributed by atoms with Gasteiger partial charge >= 0.3 is 0 Å². The van der Waals surface area contributed by atoms with Crippen molar-refractivity contribution in [1.29, 1.82) is 0 Å². The molecule has 53 heavy (non-hydrogen) atoms. The summed E-state index contributed by atoms with van der Waals surface area (Å²) in [5, 5.41) is 16.2. The lowest BCUT2D eigenvalue weighted by atomic mass is 9.60. The minimum atomic E-state index is 0.606. The fourth-order valence-electron chi connectivity index (χ4n) is 7.88. The average molecular weight is 676 g/mol. The molecule has 0 aliphatic carbocycles. The van der Waals surface area contributed by atoms with Gasteiger partial charge in [0.15, 0.2) is 17.5 Å². The lowest BCUT2D eigenvalue weighted by molar-refractivity contribution is 0.669. The highest BCUT2D eigenvalue weighted by Crippen LogP contribution is 2.37. The molecule has 10 rings (SSSR count). The van der Waals surface area contributed by atoms with Crippen LogP contribution in [0.1, 0.15) is 0 Å². The van der Waals surface area contributed by atoms with E-state index >= 15 is 0 Å². The van der Waals surface area contributed by atoms with Gasteiger partial charge in [0.05, 0.1) is 5.69 Å². The van der Waals surface area contributed by atoms with Crippen molar-refractivity contribution in [1.82, 2.24) is 29.9 Å². The predicted molar refractivity (Wildman–Crippen MR) is 232 cm³/mol. The van der Waals surface area contributed by atoms with Crippen molar-refractivity contribution in [3.05, 3.63) is 115 Å². The fourth-order valence-corrected chi connectivity index (χ4v) is 7.88. The number of fused-ring (bicyclic) bond motifs is 8. The molecular formula is C41H29B5N6O. The first kappa shape index (κ1) is 31.3. The van der Waals surface area contributed by atoms with Crippen LogP contribution in [0, 0.1) is 0 Å². The lowest BCUT2D eigenvalue weighted by Gasteiger charge is -2.20. The van der Waals surface area contributed by atoms with E-state index in [1.54, 1.807) is 4.80 Å². The molecule has 10 aromatic rings. The van der Waals surface area contributed by atoms with Gasteiger partial charge in [0.1, 0.15) is 61.4 Å². The van der Waals surface area contributed by atoms with E-state index in [-0.39, 0.29) is 0 Å². The first-order valence-corrected chi connectivity index (χ1v) is 17.9. The third kappa shape index (κ3) is 4.86. The van der Waals surface area contributed by atoms with Gasteiger partial charge in [-0.3, -0.25) is 0 Å². The number of aromatic nitrogens is 6. The highest BCUT2D eigenvalue weighted by atomic mass is 16.3. The molecule has 0 spiro atoms. The number of benzene rings is 7. The Labute approximate surface area is 309 Å². The number of hydrogen-bond donors (Lipinski definition) is 0. The standard InChI is InChI=1S/C41H29B5N6O/c42-33-32(34(43)36(45)37(46)35(33)44)41-48-39(47-40(49-41)26-10-6-12-29-31(26)25-9-4-5-11-28(25)53-29)22-15-17-24-21(19-22)14-13-20-16-18-27-38(30(20)24)51-52(50-27)23-7-2-1-3-8-23/h1-19H,42-46H2. The van der Waals surface area contributed by atoms with Crippen LogP contribution < -0.4 is 27.3 Å². The molecule has 0 unspecified atom stereocenters. The van der Waals surface area contributed by atoms with Crippen LogP contribution in [-0.2, 0) is 0 Å². The molecule has 0 saturated heterocycles. The molecule has 244 valence electrons. The molecule has 0 N–H and O–H groups in total. The van der Waals surface area contributed by atoms with Gasteiger partial charge in [-0.1, -0.05) is 89.8 Å². The maximum Gasteiger partial charge on any atom is 0.164 e. The molecule has 0 aliphatic rings. The van der Waals surface area contributed by atoms with Gasteiger partial charge < -0.3 is 4.42 Å². The maximum absolute atomic E-state index is 6.29. The Morgan fingerprint density at radius 2 is 1.17 bits per heavy atom. The highest BCUT2D eigenvalue weighted by Gasteiger charge is 2.21. The van der Waals surface area contributed by atoms with E-state index in [1.165, 1.54) is 27.3 Å². The lowest BCUT2D eigenvalue weighted by Crippen LogP contribution is -2.55. The second-order valence-corrected chi connectivity index (χ2v) is 13.9. The van der Waals surface area contributed by atoms with Crippen molar-refractivity contribution in [3.63, 3.8) is 0 Å².